The number of unbranched alkanes of at least 4 members (excludes halogenated alkanes) is 3. The molecule has 0 radical (unpaired) electrons. The van der Waals surface area contributed by atoms with E-state index in [0.717, 1.165) is 63.9 Å². The van der Waals surface area contributed by atoms with E-state index < -0.39 is 41.2 Å². The maximum Gasteiger partial charge on any atom is 0.416 e. The highest BCUT2D eigenvalue weighted by molar-refractivity contribution is 7.13. The number of hydrogen-bond acceptors (Lipinski definition) is 9. The van der Waals surface area contributed by atoms with Crippen molar-refractivity contribution >= 4 is 56.9 Å². The molecule has 3 atom stereocenters. The monoisotopic (exact) mass is 942 g/mol. The van der Waals surface area contributed by atoms with Gasteiger partial charge in [0.05, 0.1) is 39.9 Å². The lowest BCUT2D eigenvalue weighted by atomic mass is 9.85. The highest BCUT2D eigenvalue weighted by Gasteiger charge is 2.44. The van der Waals surface area contributed by atoms with Gasteiger partial charge in [0.2, 0.25) is 17.7 Å². The van der Waals surface area contributed by atoms with Crippen LogP contribution in [0.4, 0.5) is 13.2 Å². The van der Waals surface area contributed by atoms with Crippen LogP contribution in [0.25, 0.3) is 38.1 Å². The standard InChI is InChI=1S/C49H57F3N8O6S/c1-30-42(67-29-55-30)32-13-11-31(12-14-32)26-54-46(64)40-25-36(61)27-59(40)47(65)43(48(2,3)4)56-41(62)10-8-6-7-9-22-66-23-21-53-45(63)33-15-20-39-37(24-33)38-28-58(5)57-44(38)60(39)35-18-16-34(17-19-35)49(50,51)52/h11-20,24,28-29,36,40,43,61H,6-10,21-23,25-27H2,1-5H3,(H,53,63)(H,54,64)(H,56,62)/t36-,40+,43-/m1/s1. The molecule has 1 aliphatic rings. The van der Waals surface area contributed by atoms with Crippen LogP contribution < -0.4 is 16.0 Å². The number of amides is 4. The number of benzene rings is 3. The number of aryl methyl sites for hydroxylation is 2. The second-order valence-corrected chi connectivity index (χ2v) is 19.0. The molecular formula is C49H57F3N8O6S. The first-order valence-corrected chi connectivity index (χ1v) is 23.3. The molecule has 6 aromatic rings. The van der Waals surface area contributed by atoms with E-state index in [1.54, 1.807) is 45.8 Å². The number of aliphatic hydroxyl groups excluding tert-OH is 1. The van der Waals surface area contributed by atoms with E-state index in [9.17, 15) is 37.5 Å². The molecule has 0 saturated carbocycles. The number of carbonyl (C=O) groups excluding carboxylic acids is 4. The zero-order valence-corrected chi connectivity index (χ0v) is 39.1. The third kappa shape index (κ3) is 11.7. The average Bonchev–Trinajstić information content (AvgIpc) is 4.07. The summed E-state index contributed by atoms with van der Waals surface area (Å²) in [6.07, 6.45) is -0.240. The van der Waals surface area contributed by atoms with Gasteiger partial charge in [-0.25, -0.2) is 4.98 Å². The van der Waals surface area contributed by atoms with Crippen molar-refractivity contribution < 1.29 is 42.2 Å². The summed E-state index contributed by atoms with van der Waals surface area (Å²) >= 11 is 1.57. The minimum absolute atomic E-state index is 0.00279. The Morgan fingerprint density at radius 2 is 1.66 bits per heavy atom. The Morgan fingerprint density at radius 3 is 2.34 bits per heavy atom. The van der Waals surface area contributed by atoms with Gasteiger partial charge in [0.1, 0.15) is 12.1 Å². The molecule has 1 aliphatic heterocycles. The van der Waals surface area contributed by atoms with Crippen molar-refractivity contribution in [3.8, 4) is 16.1 Å². The average molecular weight is 943 g/mol. The third-order valence-electron chi connectivity index (χ3n) is 11.9. The molecule has 3 aromatic carbocycles. The Labute approximate surface area is 390 Å². The number of alkyl halides is 3. The highest BCUT2D eigenvalue weighted by Crippen LogP contribution is 2.35. The summed E-state index contributed by atoms with van der Waals surface area (Å²) < 4.78 is 48.8. The number of nitrogens with one attached hydrogen (secondary N) is 3. The molecule has 356 valence electrons. The van der Waals surface area contributed by atoms with Gasteiger partial charge in [-0.1, -0.05) is 57.9 Å². The Kier molecular flexibility index (Phi) is 15.2. The van der Waals surface area contributed by atoms with Crippen LogP contribution in [0.2, 0.25) is 0 Å². The second-order valence-electron chi connectivity index (χ2n) is 18.1. The van der Waals surface area contributed by atoms with Crippen molar-refractivity contribution in [2.45, 2.75) is 97.1 Å². The number of thiazole rings is 1. The fourth-order valence-corrected chi connectivity index (χ4v) is 9.20. The Hall–Kier alpha value is -6.11. The van der Waals surface area contributed by atoms with Crippen LogP contribution >= 0.6 is 11.3 Å². The molecule has 3 aromatic heterocycles. The van der Waals surface area contributed by atoms with E-state index >= 15 is 0 Å². The van der Waals surface area contributed by atoms with E-state index in [-0.39, 0.29) is 50.2 Å². The SMILES string of the molecule is Cc1ncsc1-c1ccc(CNC(=O)[C@@H]2C[C@@H](O)CN2C(=O)[C@@H](NC(=O)CCCCCCOCCNC(=O)c2ccc3c(c2)c2cn(C)nc2n3-c2ccc(C(F)(F)F)cc2)C(C)(C)C)cc1. The van der Waals surface area contributed by atoms with Crippen molar-refractivity contribution in [2.24, 2.45) is 12.5 Å². The lowest BCUT2D eigenvalue weighted by Crippen LogP contribution is -2.57. The largest absolute Gasteiger partial charge is 0.416 e. The molecule has 4 heterocycles. The first-order valence-electron chi connectivity index (χ1n) is 22.5. The molecule has 67 heavy (non-hydrogen) atoms. The van der Waals surface area contributed by atoms with Crippen molar-refractivity contribution in [3.05, 3.63) is 101 Å². The Morgan fingerprint density at radius 1 is 0.925 bits per heavy atom. The van der Waals surface area contributed by atoms with Gasteiger partial charge in [0, 0.05) is 74.4 Å². The number of carbonyl (C=O) groups is 4. The zero-order chi connectivity index (χ0) is 48.0. The molecule has 1 saturated heterocycles. The number of nitrogens with zero attached hydrogens (tertiary/aromatic N) is 5. The second kappa shape index (κ2) is 20.8. The van der Waals surface area contributed by atoms with Crippen LogP contribution in [0.1, 0.15) is 86.5 Å². The Bertz CT molecular complexity index is 2710. The summed E-state index contributed by atoms with van der Waals surface area (Å²) in [6.45, 7) is 8.84. The van der Waals surface area contributed by atoms with Gasteiger partial charge in [-0.15, -0.1) is 11.3 Å². The maximum absolute atomic E-state index is 14.0. The molecule has 14 nitrogen and oxygen atoms in total. The van der Waals surface area contributed by atoms with Crippen LogP contribution in [-0.4, -0.2) is 97.5 Å². The number of hydrogen-bond donors (Lipinski definition) is 4. The van der Waals surface area contributed by atoms with Gasteiger partial charge in [0.15, 0.2) is 5.65 Å². The van der Waals surface area contributed by atoms with E-state index in [2.05, 4.69) is 26.0 Å². The van der Waals surface area contributed by atoms with Crippen LogP contribution in [-0.2, 0) is 38.9 Å². The minimum atomic E-state index is -4.45. The number of aliphatic hydroxyl groups is 1. The first kappa shape index (κ1) is 48.8. The molecular weight excluding hydrogens is 886 g/mol. The highest BCUT2D eigenvalue weighted by atomic mass is 32.1. The smallest absolute Gasteiger partial charge is 0.391 e. The number of rotatable bonds is 18. The lowest BCUT2D eigenvalue weighted by Gasteiger charge is -2.35. The zero-order valence-electron chi connectivity index (χ0n) is 38.3. The summed E-state index contributed by atoms with van der Waals surface area (Å²) in [5.41, 5.74) is 5.49. The number of aromatic nitrogens is 4. The molecule has 0 bridgehead atoms. The fourth-order valence-electron chi connectivity index (χ4n) is 8.39. The van der Waals surface area contributed by atoms with Gasteiger partial charge in [-0.05, 0) is 78.8 Å². The number of fused-ring (bicyclic) bond motifs is 3. The molecule has 18 heteroatoms. The number of β-amino-alcohol motifs (C(OH)–C–C–N with tert-alkyl or cyclic N) is 1. The summed E-state index contributed by atoms with van der Waals surface area (Å²) in [5.74, 6) is -1.33. The number of halogens is 3. The maximum atomic E-state index is 14.0. The molecule has 4 N–H and O–H groups in total. The van der Waals surface area contributed by atoms with Crippen molar-refractivity contribution in [2.75, 3.05) is 26.3 Å². The summed E-state index contributed by atoms with van der Waals surface area (Å²) in [4.78, 5) is 60.5. The molecule has 7 rings (SSSR count). The minimum Gasteiger partial charge on any atom is -0.391 e. The summed E-state index contributed by atoms with van der Waals surface area (Å²) in [5, 5.41) is 25.3. The van der Waals surface area contributed by atoms with E-state index in [0.29, 0.717) is 42.0 Å². The topological polar surface area (TPSA) is 173 Å². The normalized spacial score (nSPS) is 15.9. The predicted octanol–water partition coefficient (Wildman–Crippen LogP) is 7.47. The van der Waals surface area contributed by atoms with Crippen LogP contribution in [0.15, 0.2) is 78.4 Å². The van der Waals surface area contributed by atoms with Gasteiger partial charge < -0.3 is 30.7 Å². The van der Waals surface area contributed by atoms with Gasteiger partial charge in [-0.3, -0.25) is 28.4 Å². The van der Waals surface area contributed by atoms with Gasteiger partial charge in [-0.2, -0.15) is 18.3 Å². The van der Waals surface area contributed by atoms with Crippen LogP contribution in [0.3, 0.4) is 0 Å². The van der Waals surface area contributed by atoms with Crippen LogP contribution in [0, 0.1) is 12.3 Å². The quantitative estimate of drug-likeness (QED) is 0.0643. The summed E-state index contributed by atoms with van der Waals surface area (Å²) in [7, 11) is 1.75. The third-order valence-corrected chi connectivity index (χ3v) is 12.9. The Balaban J connectivity index is 0.809. The number of likely N-dealkylation sites (tertiary alicyclic amines) is 1. The fraction of sp³-hybridized carbons (Fsp3) is 0.429. The molecule has 4 amide bonds. The van der Waals surface area contributed by atoms with Crippen molar-refractivity contribution in [1.82, 2.24) is 40.2 Å². The summed E-state index contributed by atoms with van der Waals surface area (Å²) in [6, 6.07) is 16.1. The predicted molar refractivity (Wildman–Crippen MR) is 250 cm³/mol. The molecule has 0 unspecified atom stereocenters. The van der Waals surface area contributed by atoms with E-state index in [1.807, 2.05) is 63.7 Å². The van der Waals surface area contributed by atoms with Crippen molar-refractivity contribution in [3.63, 3.8) is 0 Å². The number of ether oxygens (including phenoxy) is 1. The van der Waals surface area contributed by atoms with Gasteiger partial charge >= 0.3 is 6.18 Å². The van der Waals surface area contributed by atoms with Gasteiger partial charge in [0.25, 0.3) is 5.91 Å². The first-order chi connectivity index (χ1) is 31.9. The van der Waals surface area contributed by atoms with Crippen LogP contribution in [0.5, 0.6) is 0 Å². The van der Waals surface area contributed by atoms with E-state index in [1.165, 1.54) is 17.0 Å². The lowest BCUT2D eigenvalue weighted by molar-refractivity contribution is -0.144. The van der Waals surface area contributed by atoms with Crippen molar-refractivity contribution in [1.29, 1.82) is 0 Å². The molecule has 0 spiro atoms. The van der Waals surface area contributed by atoms with E-state index in [4.69, 9.17) is 4.74 Å². The molecule has 1 fully saturated rings. The molecule has 0 aliphatic carbocycles.